The Hall–Kier alpha value is -1.78. The van der Waals surface area contributed by atoms with Crippen molar-refractivity contribution in [3.63, 3.8) is 0 Å². The highest BCUT2D eigenvalue weighted by Crippen LogP contribution is 2.37. The average Bonchev–Trinajstić information content (AvgIpc) is 3.27. The summed E-state index contributed by atoms with van der Waals surface area (Å²) < 4.78 is 0. The van der Waals surface area contributed by atoms with Crippen LogP contribution in [-0.4, -0.2) is 28.6 Å². The van der Waals surface area contributed by atoms with Gasteiger partial charge in [0, 0.05) is 23.8 Å². The number of anilines is 1. The van der Waals surface area contributed by atoms with Gasteiger partial charge in [0.2, 0.25) is 0 Å². The molecule has 2 aliphatic carbocycles. The fourth-order valence-corrected chi connectivity index (χ4v) is 2.40. The molecule has 3 N–H and O–H groups in total. The number of nitrogens with two attached hydrogens (primary N) is 1. The topological polar surface area (TPSA) is 74.7 Å². The van der Waals surface area contributed by atoms with Crippen molar-refractivity contribution in [3.05, 3.63) is 23.4 Å². The van der Waals surface area contributed by atoms with Gasteiger partial charge in [0.25, 0.3) is 0 Å². The Balaban J connectivity index is 1.90. The molecular formula is C14H20N4O. The molecule has 0 aliphatic heterocycles. The van der Waals surface area contributed by atoms with Crippen LogP contribution in [0.15, 0.2) is 17.3 Å². The zero-order chi connectivity index (χ0) is 13.4. The zero-order valence-electron chi connectivity index (χ0n) is 11.2. The van der Waals surface area contributed by atoms with E-state index in [1.54, 1.807) is 0 Å². The molecule has 3 rings (SSSR count). The van der Waals surface area contributed by atoms with Crippen LogP contribution in [0.5, 0.6) is 0 Å². The summed E-state index contributed by atoms with van der Waals surface area (Å²) in [4.78, 5) is 7.03. The summed E-state index contributed by atoms with van der Waals surface area (Å²) in [6, 6.07) is 4.42. The standard InChI is InChI=1S/C14H20N4O/c1-9-6-11(14(15)17-19)7-13(16-9)18(12-4-5-12)8-10-2-3-10/h6-7,10,12,19H,2-5,8H2,1H3,(H2,15,17). The van der Waals surface area contributed by atoms with Crippen molar-refractivity contribution in [2.24, 2.45) is 16.8 Å². The minimum absolute atomic E-state index is 0.147. The Kier molecular flexibility index (Phi) is 3.05. The summed E-state index contributed by atoms with van der Waals surface area (Å²) >= 11 is 0. The normalized spacial score (nSPS) is 19.5. The second kappa shape index (κ2) is 4.72. The van der Waals surface area contributed by atoms with Crippen LogP contribution < -0.4 is 10.6 Å². The van der Waals surface area contributed by atoms with Gasteiger partial charge in [0.05, 0.1) is 0 Å². The van der Waals surface area contributed by atoms with Gasteiger partial charge < -0.3 is 15.8 Å². The number of rotatable bonds is 5. The van der Waals surface area contributed by atoms with Crippen molar-refractivity contribution in [2.75, 3.05) is 11.4 Å². The van der Waals surface area contributed by atoms with E-state index in [4.69, 9.17) is 10.9 Å². The lowest BCUT2D eigenvalue weighted by Crippen LogP contribution is -2.29. The maximum Gasteiger partial charge on any atom is 0.170 e. The van der Waals surface area contributed by atoms with Crippen LogP contribution in [0.25, 0.3) is 0 Å². The van der Waals surface area contributed by atoms with E-state index in [0.29, 0.717) is 6.04 Å². The van der Waals surface area contributed by atoms with Crippen molar-refractivity contribution >= 4 is 11.7 Å². The minimum Gasteiger partial charge on any atom is -0.409 e. The Morgan fingerprint density at radius 3 is 2.74 bits per heavy atom. The summed E-state index contributed by atoms with van der Waals surface area (Å²) in [6.45, 7) is 3.04. The van der Waals surface area contributed by atoms with E-state index in [0.717, 1.165) is 29.5 Å². The number of hydrogen-bond donors (Lipinski definition) is 2. The second-order valence-corrected chi connectivity index (χ2v) is 5.67. The molecule has 0 atom stereocenters. The molecule has 0 saturated heterocycles. The first-order valence-corrected chi connectivity index (χ1v) is 6.90. The third-order valence-corrected chi connectivity index (χ3v) is 3.78. The smallest absolute Gasteiger partial charge is 0.170 e. The molecule has 102 valence electrons. The fraction of sp³-hybridized carbons (Fsp3) is 0.571. The highest BCUT2D eigenvalue weighted by atomic mass is 16.4. The van der Waals surface area contributed by atoms with Crippen molar-refractivity contribution in [1.82, 2.24) is 4.98 Å². The van der Waals surface area contributed by atoms with Gasteiger partial charge in [-0.3, -0.25) is 0 Å². The molecule has 2 fully saturated rings. The molecule has 0 bridgehead atoms. The first kappa shape index (κ1) is 12.3. The molecular weight excluding hydrogens is 240 g/mol. The molecule has 2 aliphatic rings. The van der Waals surface area contributed by atoms with E-state index in [9.17, 15) is 0 Å². The van der Waals surface area contributed by atoms with E-state index < -0.39 is 0 Å². The number of amidine groups is 1. The SMILES string of the molecule is Cc1cc(/C(N)=N/O)cc(N(CC2CC2)C2CC2)n1. The van der Waals surface area contributed by atoms with Crippen LogP contribution in [0.3, 0.4) is 0 Å². The van der Waals surface area contributed by atoms with E-state index >= 15 is 0 Å². The number of oxime groups is 1. The lowest BCUT2D eigenvalue weighted by molar-refractivity contribution is 0.318. The molecule has 1 aromatic heterocycles. The summed E-state index contributed by atoms with van der Waals surface area (Å²) in [7, 11) is 0. The molecule has 0 amide bonds. The van der Waals surface area contributed by atoms with Crippen LogP contribution in [0.1, 0.15) is 36.9 Å². The van der Waals surface area contributed by atoms with Gasteiger partial charge in [-0.25, -0.2) is 4.98 Å². The quantitative estimate of drug-likeness (QED) is 0.367. The predicted molar refractivity (Wildman–Crippen MR) is 74.6 cm³/mol. The molecule has 1 aromatic rings. The molecule has 0 radical (unpaired) electrons. The minimum atomic E-state index is 0.147. The highest BCUT2D eigenvalue weighted by Gasteiger charge is 2.34. The third-order valence-electron chi connectivity index (χ3n) is 3.78. The molecule has 0 spiro atoms. The second-order valence-electron chi connectivity index (χ2n) is 5.67. The summed E-state index contributed by atoms with van der Waals surface area (Å²) in [5.41, 5.74) is 7.34. The zero-order valence-corrected chi connectivity index (χ0v) is 11.2. The van der Waals surface area contributed by atoms with Crippen LogP contribution >= 0.6 is 0 Å². The first-order valence-electron chi connectivity index (χ1n) is 6.90. The van der Waals surface area contributed by atoms with Gasteiger partial charge in [-0.2, -0.15) is 0 Å². The molecule has 5 nitrogen and oxygen atoms in total. The molecule has 0 unspecified atom stereocenters. The third kappa shape index (κ3) is 2.80. The van der Waals surface area contributed by atoms with Gasteiger partial charge in [0.1, 0.15) is 5.82 Å². The number of hydrogen-bond acceptors (Lipinski definition) is 4. The van der Waals surface area contributed by atoms with E-state index in [1.165, 1.54) is 25.7 Å². The van der Waals surface area contributed by atoms with Crippen molar-refractivity contribution < 1.29 is 5.21 Å². The van der Waals surface area contributed by atoms with Gasteiger partial charge in [-0.05, 0) is 50.7 Å². The summed E-state index contributed by atoms with van der Waals surface area (Å²) in [6.07, 6.45) is 5.17. The number of pyridine rings is 1. The Morgan fingerprint density at radius 2 is 2.16 bits per heavy atom. The van der Waals surface area contributed by atoms with Crippen LogP contribution in [0, 0.1) is 12.8 Å². The van der Waals surface area contributed by atoms with Gasteiger partial charge in [-0.1, -0.05) is 5.16 Å². The van der Waals surface area contributed by atoms with E-state index in [-0.39, 0.29) is 5.84 Å². The molecule has 19 heavy (non-hydrogen) atoms. The molecule has 2 saturated carbocycles. The van der Waals surface area contributed by atoms with Crippen molar-refractivity contribution in [3.8, 4) is 0 Å². The van der Waals surface area contributed by atoms with Crippen molar-refractivity contribution in [2.45, 2.75) is 38.6 Å². The Morgan fingerprint density at radius 1 is 1.42 bits per heavy atom. The number of nitrogens with zero attached hydrogens (tertiary/aromatic N) is 3. The number of aromatic nitrogens is 1. The molecule has 0 aromatic carbocycles. The summed E-state index contributed by atoms with van der Waals surface area (Å²) in [5.74, 6) is 1.94. The Bertz CT molecular complexity index is 506. The molecule has 1 heterocycles. The van der Waals surface area contributed by atoms with E-state index in [2.05, 4.69) is 15.0 Å². The van der Waals surface area contributed by atoms with Crippen molar-refractivity contribution in [1.29, 1.82) is 0 Å². The van der Waals surface area contributed by atoms with Gasteiger partial charge in [-0.15, -0.1) is 0 Å². The summed E-state index contributed by atoms with van der Waals surface area (Å²) in [5, 5.41) is 11.9. The largest absolute Gasteiger partial charge is 0.409 e. The highest BCUT2D eigenvalue weighted by molar-refractivity contribution is 5.97. The van der Waals surface area contributed by atoms with Crippen LogP contribution in [0.4, 0.5) is 5.82 Å². The van der Waals surface area contributed by atoms with Gasteiger partial charge in [0.15, 0.2) is 5.84 Å². The average molecular weight is 260 g/mol. The monoisotopic (exact) mass is 260 g/mol. The maximum absolute atomic E-state index is 8.81. The van der Waals surface area contributed by atoms with E-state index in [1.807, 2.05) is 19.1 Å². The lowest BCUT2D eigenvalue weighted by atomic mass is 10.2. The first-order chi connectivity index (χ1) is 9.17. The molecule has 5 heteroatoms. The fourth-order valence-electron chi connectivity index (χ4n) is 2.40. The Labute approximate surface area is 113 Å². The predicted octanol–water partition coefficient (Wildman–Crippen LogP) is 1.86. The number of aryl methyl sites for hydroxylation is 1. The van der Waals surface area contributed by atoms with Gasteiger partial charge >= 0.3 is 0 Å². The van der Waals surface area contributed by atoms with Crippen LogP contribution in [-0.2, 0) is 0 Å². The maximum atomic E-state index is 8.81. The van der Waals surface area contributed by atoms with Crippen LogP contribution in [0.2, 0.25) is 0 Å². The lowest BCUT2D eigenvalue weighted by Gasteiger charge is -2.24.